The topological polar surface area (TPSA) is 144 Å². The Balaban J connectivity index is 0.000000166. The second-order valence-electron chi connectivity index (χ2n) is 18.8. The summed E-state index contributed by atoms with van der Waals surface area (Å²) in [5.74, 6) is -1.37. The zero-order valence-corrected chi connectivity index (χ0v) is 37.6. The van der Waals surface area contributed by atoms with Crippen LogP contribution in [0.15, 0.2) is 109 Å². The van der Waals surface area contributed by atoms with Gasteiger partial charge in [-0.05, 0) is 106 Å². The van der Waals surface area contributed by atoms with Gasteiger partial charge in [0.05, 0.1) is 28.6 Å². The van der Waals surface area contributed by atoms with Gasteiger partial charge in [-0.25, -0.2) is 8.78 Å². The number of amides is 2. The number of aliphatic carboxylic acids is 1. The highest BCUT2D eigenvalue weighted by atomic mass is 19.1. The molecule has 0 spiro atoms. The maximum Gasteiger partial charge on any atom is 0.321 e. The number of aliphatic hydroxyl groups excluding tert-OH is 1. The number of fused-ring (bicyclic) bond motifs is 2. The van der Waals surface area contributed by atoms with Crippen molar-refractivity contribution in [3.05, 3.63) is 154 Å². The van der Waals surface area contributed by atoms with Crippen LogP contribution in [-0.2, 0) is 36.9 Å². The van der Waals surface area contributed by atoms with Gasteiger partial charge in [0, 0.05) is 74.5 Å². The fourth-order valence-corrected chi connectivity index (χ4v) is 9.61. The van der Waals surface area contributed by atoms with E-state index in [1.807, 2.05) is 64.1 Å². The van der Waals surface area contributed by atoms with Crippen LogP contribution in [0.1, 0.15) is 67.5 Å². The fourth-order valence-electron chi connectivity index (χ4n) is 9.61. The van der Waals surface area contributed by atoms with E-state index in [1.54, 1.807) is 17.0 Å². The molecule has 342 valence electrons. The molecule has 2 fully saturated rings. The Morgan fingerprint density at radius 3 is 1.61 bits per heavy atom. The van der Waals surface area contributed by atoms with Gasteiger partial charge in [-0.2, -0.15) is 0 Å². The largest absolute Gasteiger partial charge is 0.482 e. The molecule has 6 heterocycles. The molecule has 0 aliphatic carbocycles. The van der Waals surface area contributed by atoms with Gasteiger partial charge in [0.25, 0.3) is 11.8 Å². The van der Waals surface area contributed by atoms with Crippen molar-refractivity contribution in [2.45, 2.75) is 70.6 Å². The van der Waals surface area contributed by atoms with Crippen LogP contribution < -0.4 is 10.6 Å². The van der Waals surface area contributed by atoms with E-state index in [-0.39, 0.29) is 24.1 Å². The lowest BCUT2D eigenvalue weighted by atomic mass is 9.91. The number of halogens is 2. The molecule has 66 heavy (non-hydrogen) atoms. The number of hydrogen-bond acceptors (Lipinski definition) is 9. The highest BCUT2D eigenvalue weighted by molar-refractivity contribution is 6.33. The molecule has 6 aliphatic heterocycles. The predicted octanol–water partition coefficient (Wildman–Crippen LogP) is 7.53. The van der Waals surface area contributed by atoms with Gasteiger partial charge in [0.1, 0.15) is 40.4 Å². The number of anilines is 2. The van der Waals surface area contributed by atoms with E-state index in [0.717, 1.165) is 60.6 Å². The minimum atomic E-state index is -0.927. The number of β-amino-alcohol motifs (C(OH)–C–C–N with tert-alkyl or cyclic N) is 1. The number of allylic oxidation sites excluding steroid dienone is 2. The monoisotopic (exact) mass is 897 g/mol. The molecule has 2 saturated heterocycles. The molecular weight excluding hydrogens is 845 g/mol. The molecule has 0 aromatic heterocycles. The number of nitrogens with one attached hydrogen (secondary N) is 2. The molecular formula is C52H53F2N5O7. The smallest absolute Gasteiger partial charge is 0.321 e. The van der Waals surface area contributed by atoms with Crippen LogP contribution in [0.2, 0.25) is 0 Å². The van der Waals surface area contributed by atoms with Crippen molar-refractivity contribution in [2.24, 2.45) is 0 Å². The molecule has 4 aromatic carbocycles. The molecule has 0 saturated carbocycles. The first kappa shape index (κ1) is 44.7. The van der Waals surface area contributed by atoms with Crippen molar-refractivity contribution in [2.75, 3.05) is 50.4 Å². The first-order chi connectivity index (χ1) is 31.4. The molecule has 0 bridgehead atoms. The third-order valence-corrected chi connectivity index (χ3v) is 13.1. The molecule has 10 rings (SSSR count). The van der Waals surface area contributed by atoms with Crippen molar-refractivity contribution in [1.82, 2.24) is 14.7 Å². The Morgan fingerprint density at radius 1 is 0.697 bits per heavy atom. The van der Waals surface area contributed by atoms with E-state index in [9.17, 15) is 33.4 Å². The van der Waals surface area contributed by atoms with E-state index in [0.29, 0.717) is 58.3 Å². The number of carbonyl (C=O) groups excluding carboxylic acids is 2. The number of rotatable bonds is 7. The Hall–Kier alpha value is -6.45. The van der Waals surface area contributed by atoms with Gasteiger partial charge >= 0.3 is 5.97 Å². The molecule has 4 aromatic rings. The summed E-state index contributed by atoms with van der Waals surface area (Å²) in [4.78, 5) is 43.3. The lowest BCUT2D eigenvalue weighted by Gasteiger charge is -2.32. The number of carboxylic acid groups (broad SMARTS) is 1. The maximum atomic E-state index is 13.6. The summed E-state index contributed by atoms with van der Waals surface area (Å²) in [7, 11) is 2.17. The fraction of sp³-hybridized carbons (Fsp3) is 0.327. The minimum absolute atomic E-state index is 0.229. The van der Waals surface area contributed by atoms with Crippen molar-refractivity contribution >= 4 is 51.5 Å². The number of piperazine rings is 1. The zero-order chi connectivity index (χ0) is 46.7. The average molecular weight is 898 g/mol. The Labute approximate surface area is 382 Å². The third kappa shape index (κ3) is 8.93. The predicted molar refractivity (Wildman–Crippen MR) is 248 cm³/mol. The van der Waals surface area contributed by atoms with Crippen molar-refractivity contribution in [3.63, 3.8) is 0 Å². The minimum Gasteiger partial charge on any atom is -0.482 e. The molecule has 0 radical (unpaired) electrons. The maximum absolute atomic E-state index is 13.6. The van der Waals surface area contributed by atoms with Crippen LogP contribution in [0.25, 0.3) is 22.3 Å². The second kappa shape index (κ2) is 17.4. The molecule has 4 N–H and O–H groups in total. The van der Waals surface area contributed by atoms with Crippen LogP contribution in [0, 0.1) is 11.6 Å². The van der Waals surface area contributed by atoms with Crippen LogP contribution in [0.5, 0.6) is 0 Å². The Morgan fingerprint density at radius 2 is 1.15 bits per heavy atom. The highest BCUT2D eigenvalue weighted by Gasteiger charge is 2.40. The summed E-state index contributed by atoms with van der Waals surface area (Å²) in [6.07, 6.45) is 3.39. The van der Waals surface area contributed by atoms with Crippen molar-refractivity contribution in [3.8, 4) is 0 Å². The highest BCUT2D eigenvalue weighted by Crippen LogP contribution is 2.46. The number of hydrogen-bond donors (Lipinski definition) is 4. The van der Waals surface area contributed by atoms with Crippen molar-refractivity contribution < 1.29 is 42.9 Å². The molecule has 6 aliphatic rings. The summed E-state index contributed by atoms with van der Waals surface area (Å²) >= 11 is 0. The molecule has 2 unspecified atom stereocenters. The summed E-state index contributed by atoms with van der Waals surface area (Å²) in [5, 5.41) is 24.7. The van der Waals surface area contributed by atoms with E-state index < -0.39 is 35.1 Å². The summed E-state index contributed by atoms with van der Waals surface area (Å²) < 4.78 is 39.6. The standard InChI is InChI=1S/C26H28FN3O2.C26H25FN2O5/c1-26(2)21(18-6-4-17(5-7-18)16-30-12-10-29(3)11-13-30)15-23(32-26)24-20-9-8-19(27)14-22(20)28-25(24)31;1-26(2)19(11-22(34-26)23-18-8-7-16(27)9-20(18)28-24(23)31)15-5-3-14(4-6-15)12-29-13-17(30)10-21(29)25(32)33/h4-9,14-15H,10-13,16H2,1-3H3,(H,28,31);3-9,11,17,21,30H,10,12-13H2,1-2H3,(H,28,31)(H,32,33). The quantitative estimate of drug-likeness (QED) is 0.138. The molecule has 2 atom stereocenters. The molecule has 2 amide bonds. The van der Waals surface area contributed by atoms with Crippen LogP contribution >= 0.6 is 0 Å². The zero-order valence-electron chi connectivity index (χ0n) is 37.6. The van der Waals surface area contributed by atoms with Gasteiger partial charge < -0.3 is 35.2 Å². The van der Waals surface area contributed by atoms with Crippen LogP contribution in [-0.4, -0.2) is 106 Å². The number of ether oxygens (including phenoxy) is 2. The number of carboxylic acids is 1. The first-order valence-corrected chi connectivity index (χ1v) is 22.2. The number of benzene rings is 4. The van der Waals surface area contributed by atoms with Crippen LogP contribution in [0.4, 0.5) is 20.2 Å². The van der Waals surface area contributed by atoms with Crippen molar-refractivity contribution in [1.29, 1.82) is 0 Å². The normalized spacial score (nSPS) is 24.4. The van der Waals surface area contributed by atoms with E-state index in [2.05, 4.69) is 51.7 Å². The van der Waals surface area contributed by atoms with E-state index in [1.165, 1.54) is 29.8 Å². The third-order valence-electron chi connectivity index (χ3n) is 13.1. The van der Waals surface area contributed by atoms with Gasteiger partial charge in [-0.3, -0.25) is 24.2 Å². The number of nitrogens with zero attached hydrogens (tertiary/aromatic N) is 3. The SMILES string of the molecule is CC1(C)OC(=C2C(=O)Nc3cc(F)ccc32)C=C1c1ccc(CN2CC(O)CC2C(=O)O)cc1.CN1CCN(Cc2ccc(C3=CC(=C4C(=O)Nc5cc(F)ccc54)OC3(C)C)cc2)CC1. The summed E-state index contributed by atoms with van der Waals surface area (Å²) in [6, 6.07) is 24.2. The first-order valence-electron chi connectivity index (χ1n) is 22.2. The Bertz CT molecular complexity index is 2750. The second-order valence-corrected chi connectivity index (χ2v) is 18.8. The number of aliphatic hydroxyl groups is 1. The molecule has 14 heteroatoms. The average Bonchev–Trinajstić information content (AvgIpc) is 4.05. The Kier molecular flexibility index (Phi) is 11.8. The summed E-state index contributed by atoms with van der Waals surface area (Å²) in [5.41, 5.74) is 7.87. The lowest BCUT2D eigenvalue weighted by molar-refractivity contribution is -0.142. The van der Waals surface area contributed by atoms with Crippen LogP contribution in [0.3, 0.4) is 0 Å². The van der Waals surface area contributed by atoms with Gasteiger partial charge in [-0.15, -0.1) is 0 Å². The van der Waals surface area contributed by atoms with E-state index >= 15 is 0 Å². The van der Waals surface area contributed by atoms with Gasteiger partial charge in [-0.1, -0.05) is 48.5 Å². The van der Waals surface area contributed by atoms with Gasteiger partial charge in [0.15, 0.2) is 0 Å². The number of likely N-dealkylation sites (tertiary alicyclic amines) is 1. The number of likely N-dealkylation sites (N-methyl/N-ethyl adjacent to an activating group) is 1. The summed E-state index contributed by atoms with van der Waals surface area (Å²) in [6.45, 7) is 14.0. The van der Waals surface area contributed by atoms with E-state index in [4.69, 9.17) is 9.47 Å². The number of carbonyl (C=O) groups is 3. The van der Waals surface area contributed by atoms with Gasteiger partial charge in [0.2, 0.25) is 0 Å². The molecule has 12 nitrogen and oxygen atoms in total. The lowest BCUT2D eigenvalue weighted by Crippen LogP contribution is -2.43.